The third-order valence-corrected chi connectivity index (χ3v) is 4.75. The molecule has 1 fully saturated rings. The van der Waals surface area contributed by atoms with Crippen LogP contribution in [0.4, 0.5) is 0 Å². The van der Waals surface area contributed by atoms with Crippen molar-refractivity contribution in [1.29, 1.82) is 0 Å². The van der Waals surface area contributed by atoms with E-state index in [9.17, 15) is 0 Å². The normalized spacial score (nSPS) is 23.6. The van der Waals surface area contributed by atoms with Crippen molar-refractivity contribution < 1.29 is 9.47 Å². The number of methoxy groups -OCH3 is 2. The van der Waals surface area contributed by atoms with E-state index in [4.69, 9.17) is 9.47 Å². The van der Waals surface area contributed by atoms with Crippen LogP contribution < -0.4 is 14.8 Å². The quantitative estimate of drug-likeness (QED) is 0.846. The van der Waals surface area contributed by atoms with E-state index in [-0.39, 0.29) is 6.04 Å². The predicted molar refractivity (Wildman–Crippen MR) is 87.1 cm³/mol. The molecule has 0 aromatic heterocycles. The molecule has 0 amide bonds. The van der Waals surface area contributed by atoms with Crippen LogP contribution in [-0.4, -0.2) is 20.3 Å². The molecule has 118 valence electrons. The maximum absolute atomic E-state index is 5.50. The molecule has 1 aliphatic carbocycles. The smallest absolute Gasteiger partial charge is 0.123 e. The number of benzene rings is 1. The molecule has 0 heterocycles. The molecule has 1 saturated carbocycles. The Labute approximate surface area is 129 Å². The summed E-state index contributed by atoms with van der Waals surface area (Å²) in [4.78, 5) is 0. The summed E-state index contributed by atoms with van der Waals surface area (Å²) < 4.78 is 10.8. The van der Waals surface area contributed by atoms with E-state index in [1.54, 1.807) is 14.2 Å². The van der Waals surface area contributed by atoms with Crippen LogP contribution in [0.5, 0.6) is 11.5 Å². The van der Waals surface area contributed by atoms with Crippen molar-refractivity contribution in [3.8, 4) is 11.5 Å². The van der Waals surface area contributed by atoms with Crippen LogP contribution in [0.15, 0.2) is 18.2 Å². The highest BCUT2D eigenvalue weighted by Crippen LogP contribution is 2.32. The van der Waals surface area contributed by atoms with Crippen molar-refractivity contribution in [2.24, 2.45) is 5.92 Å². The largest absolute Gasteiger partial charge is 0.497 e. The van der Waals surface area contributed by atoms with Gasteiger partial charge in [-0.15, -0.1) is 0 Å². The lowest BCUT2D eigenvalue weighted by Crippen LogP contribution is -2.35. The van der Waals surface area contributed by atoms with Crippen LogP contribution in [0.25, 0.3) is 0 Å². The molecule has 0 aliphatic heterocycles. The molecule has 0 bridgehead atoms. The molecular weight excluding hydrogens is 262 g/mol. The Balaban J connectivity index is 2.06. The minimum atomic E-state index is 0.274. The summed E-state index contributed by atoms with van der Waals surface area (Å²) in [5.74, 6) is 2.70. The lowest BCUT2D eigenvalue weighted by Gasteiger charge is -2.32. The van der Waals surface area contributed by atoms with E-state index in [2.05, 4.69) is 25.2 Å². The van der Waals surface area contributed by atoms with Gasteiger partial charge < -0.3 is 14.8 Å². The standard InChI is InChI=1S/C18H29NO2/c1-5-14-7-6-8-15(11-14)19-13(2)17-12-16(20-3)9-10-18(17)21-4/h9-10,12-15,19H,5-8,11H2,1-4H3. The summed E-state index contributed by atoms with van der Waals surface area (Å²) in [5.41, 5.74) is 1.18. The number of hydrogen-bond donors (Lipinski definition) is 1. The van der Waals surface area contributed by atoms with Crippen LogP contribution in [0.3, 0.4) is 0 Å². The van der Waals surface area contributed by atoms with Gasteiger partial charge in [0.1, 0.15) is 11.5 Å². The minimum Gasteiger partial charge on any atom is -0.497 e. The summed E-state index contributed by atoms with van der Waals surface area (Å²) in [7, 11) is 3.43. The monoisotopic (exact) mass is 291 g/mol. The highest BCUT2D eigenvalue weighted by molar-refractivity contribution is 5.42. The van der Waals surface area contributed by atoms with Crippen molar-refractivity contribution in [1.82, 2.24) is 5.32 Å². The fourth-order valence-corrected chi connectivity index (χ4v) is 3.43. The van der Waals surface area contributed by atoms with Crippen LogP contribution in [-0.2, 0) is 0 Å². The van der Waals surface area contributed by atoms with Crippen LogP contribution in [0.1, 0.15) is 57.6 Å². The number of rotatable bonds is 6. The predicted octanol–water partition coefficient (Wildman–Crippen LogP) is 4.32. The van der Waals surface area contributed by atoms with E-state index >= 15 is 0 Å². The van der Waals surface area contributed by atoms with Gasteiger partial charge in [-0.1, -0.05) is 26.2 Å². The molecule has 21 heavy (non-hydrogen) atoms. The third-order valence-electron chi connectivity index (χ3n) is 4.75. The van der Waals surface area contributed by atoms with Crippen molar-refractivity contribution in [2.45, 2.75) is 58.0 Å². The van der Waals surface area contributed by atoms with Gasteiger partial charge >= 0.3 is 0 Å². The molecule has 3 atom stereocenters. The zero-order chi connectivity index (χ0) is 15.2. The van der Waals surface area contributed by atoms with Gasteiger partial charge in [-0.3, -0.25) is 0 Å². The van der Waals surface area contributed by atoms with Gasteiger partial charge in [-0.05, 0) is 43.9 Å². The Morgan fingerprint density at radius 3 is 2.71 bits per heavy atom. The van der Waals surface area contributed by atoms with Crippen molar-refractivity contribution in [2.75, 3.05) is 14.2 Å². The Kier molecular flexibility index (Phi) is 5.92. The molecule has 0 saturated heterocycles. The number of hydrogen-bond acceptors (Lipinski definition) is 3. The lowest BCUT2D eigenvalue weighted by atomic mass is 9.84. The first-order valence-electron chi connectivity index (χ1n) is 8.15. The Bertz CT molecular complexity index is 447. The fraction of sp³-hybridized carbons (Fsp3) is 0.667. The first kappa shape index (κ1) is 16.2. The summed E-state index contributed by atoms with van der Waals surface area (Å²) in [6.07, 6.45) is 6.62. The number of nitrogens with one attached hydrogen (secondary N) is 1. The summed E-state index contributed by atoms with van der Waals surface area (Å²) in [5, 5.41) is 3.79. The zero-order valence-corrected chi connectivity index (χ0v) is 13.8. The molecule has 1 N–H and O–H groups in total. The van der Waals surface area contributed by atoms with Crippen LogP contribution in [0.2, 0.25) is 0 Å². The zero-order valence-electron chi connectivity index (χ0n) is 13.8. The topological polar surface area (TPSA) is 30.5 Å². The van der Waals surface area contributed by atoms with Crippen LogP contribution in [0, 0.1) is 5.92 Å². The van der Waals surface area contributed by atoms with Crippen molar-refractivity contribution in [3.05, 3.63) is 23.8 Å². The summed E-state index contributed by atoms with van der Waals surface area (Å²) in [6.45, 7) is 4.52. The molecule has 3 unspecified atom stereocenters. The Morgan fingerprint density at radius 2 is 2.05 bits per heavy atom. The van der Waals surface area contributed by atoms with E-state index in [1.165, 1.54) is 37.7 Å². The maximum atomic E-state index is 5.50. The van der Waals surface area contributed by atoms with Crippen molar-refractivity contribution >= 4 is 0 Å². The highest BCUT2D eigenvalue weighted by Gasteiger charge is 2.23. The van der Waals surface area contributed by atoms with Crippen LogP contribution >= 0.6 is 0 Å². The van der Waals surface area contributed by atoms with E-state index in [1.807, 2.05) is 12.1 Å². The molecule has 1 aromatic rings. The van der Waals surface area contributed by atoms with Gasteiger partial charge in [0.2, 0.25) is 0 Å². The second kappa shape index (κ2) is 7.69. The summed E-state index contributed by atoms with van der Waals surface area (Å²) >= 11 is 0. The highest BCUT2D eigenvalue weighted by atomic mass is 16.5. The maximum Gasteiger partial charge on any atom is 0.123 e. The molecule has 2 rings (SSSR count). The molecular formula is C18H29NO2. The van der Waals surface area contributed by atoms with Gasteiger partial charge in [0.05, 0.1) is 14.2 Å². The van der Waals surface area contributed by atoms with Gasteiger partial charge in [0, 0.05) is 17.6 Å². The molecule has 3 heteroatoms. The fourth-order valence-electron chi connectivity index (χ4n) is 3.43. The number of ether oxygens (including phenoxy) is 2. The average Bonchev–Trinajstić information content (AvgIpc) is 2.54. The first-order chi connectivity index (χ1) is 10.2. The van der Waals surface area contributed by atoms with Gasteiger partial charge in [-0.25, -0.2) is 0 Å². The molecule has 1 aliphatic rings. The van der Waals surface area contributed by atoms with Gasteiger partial charge in [0.25, 0.3) is 0 Å². The second-order valence-electron chi connectivity index (χ2n) is 6.13. The molecule has 3 nitrogen and oxygen atoms in total. The van der Waals surface area contributed by atoms with Gasteiger partial charge in [-0.2, -0.15) is 0 Å². The third kappa shape index (κ3) is 4.13. The SMILES string of the molecule is CCC1CCCC(NC(C)c2cc(OC)ccc2OC)C1. The second-order valence-corrected chi connectivity index (χ2v) is 6.13. The Hall–Kier alpha value is -1.22. The summed E-state index contributed by atoms with van der Waals surface area (Å²) in [6, 6.07) is 6.91. The minimum absolute atomic E-state index is 0.274. The van der Waals surface area contributed by atoms with E-state index in [0.717, 1.165) is 17.4 Å². The molecule has 0 spiro atoms. The Morgan fingerprint density at radius 1 is 1.24 bits per heavy atom. The van der Waals surface area contributed by atoms with E-state index in [0.29, 0.717) is 6.04 Å². The van der Waals surface area contributed by atoms with Gasteiger partial charge in [0.15, 0.2) is 0 Å². The lowest BCUT2D eigenvalue weighted by molar-refractivity contribution is 0.264. The average molecular weight is 291 g/mol. The molecule has 1 aromatic carbocycles. The van der Waals surface area contributed by atoms with E-state index < -0.39 is 0 Å². The molecule has 0 radical (unpaired) electrons. The van der Waals surface area contributed by atoms with Crippen molar-refractivity contribution in [3.63, 3.8) is 0 Å². The first-order valence-corrected chi connectivity index (χ1v) is 8.15.